The first-order chi connectivity index (χ1) is 9.05. The Morgan fingerprint density at radius 2 is 1.89 bits per heavy atom. The lowest BCUT2D eigenvalue weighted by atomic mass is 10.3. The highest BCUT2D eigenvalue weighted by Crippen LogP contribution is 2.24. The quantitative estimate of drug-likeness (QED) is 0.522. The van der Waals surface area contributed by atoms with Gasteiger partial charge in [-0.05, 0) is 52.2 Å². The molecule has 0 aliphatic heterocycles. The Morgan fingerprint density at radius 3 is 2.53 bits per heavy atom. The standard InChI is InChI=1S/C13H29N3O2S/c1-3-8-14-9-4-5-12-19(17,18)15-10-11-16(2)13-6-7-13/h13-15H,3-12H2,1-2H3. The van der Waals surface area contributed by atoms with E-state index < -0.39 is 10.0 Å². The molecule has 0 heterocycles. The Bertz CT molecular complexity index is 329. The van der Waals surface area contributed by atoms with Crippen molar-refractivity contribution < 1.29 is 8.42 Å². The topological polar surface area (TPSA) is 61.4 Å². The second kappa shape index (κ2) is 8.89. The number of hydrogen-bond acceptors (Lipinski definition) is 4. The second-order valence-corrected chi connectivity index (χ2v) is 7.31. The smallest absolute Gasteiger partial charge is 0.211 e. The van der Waals surface area contributed by atoms with Crippen molar-refractivity contribution >= 4 is 10.0 Å². The van der Waals surface area contributed by atoms with E-state index in [0.29, 0.717) is 12.6 Å². The van der Waals surface area contributed by atoms with Gasteiger partial charge in [0.1, 0.15) is 0 Å². The minimum Gasteiger partial charge on any atom is -0.317 e. The summed E-state index contributed by atoms with van der Waals surface area (Å²) in [6.45, 7) is 5.39. The third-order valence-electron chi connectivity index (χ3n) is 3.40. The largest absolute Gasteiger partial charge is 0.317 e. The maximum absolute atomic E-state index is 11.7. The molecule has 5 nitrogen and oxygen atoms in total. The molecule has 0 aromatic heterocycles. The fourth-order valence-corrected chi connectivity index (χ4v) is 3.12. The van der Waals surface area contributed by atoms with Crippen molar-refractivity contribution in [3.63, 3.8) is 0 Å². The molecule has 0 aromatic carbocycles. The lowest BCUT2D eigenvalue weighted by Crippen LogP contribution is -2.35. The summed E-state index contributed by atoms with van der Waals surface area (Å²) in [6, 6.07) is 0.689. The van der Waals surface area contributed by atoms with Crippen molar-refractivity contribution in [3.8, 4) is 0 Å². The Morgan fingerprint density at radius 1 is 1.16 bits per heavy atom. The number of sulfonamides is 1. The van der Waals surface area contributed by atoms with Crippen LogP contribution in [0.3, 0.4) is 0 Å². The van der Waals surface area contributed by atoms with Gasteiger partial charge in [0.25, 0.3) is 0 Å². The van der Waals surface area contributed by atoms with Gasteiger partial charge >= 0.3 is 0 Å². The fourth-order valence-electron chi connectivity index (χ4n) is 1.99. The number of rotatable bonds is 12. The van der Waals surface area contributed by atoms with Crippen LogP contribution in [0.5, 0.6) is 0 Å². The predicted octanol–water partition coefficient (Wildman–Crippen LogP) is 0.780. The van der Waals surface area contributed by atoms with E-state index >= 15 is 0 Å². The zero-order valence-electron chi connectivity index (χ0n) is 12.3. The number of unbranched alkanes of at least 4 members (excludes halogenated alkanes) is 1. The van der Waals surface area contributed by atoms with Gasteiger partial charge in [0.2, 0.25) is 10.0 Å². The molecule has 1 aliphatic rings. The molecule has 0 atom stereocenters. The summed E-state index contributed by atoms with van der Waals surface area (Å²) in [5, 5.41) is 3.28. The Balaban J connectivity index is 2.00. The summed E-state index contributed by atoms with van der Waals surface area (Å²) in [6.07, 6.45) is 5.28. The molecule has 19 heavy (non-hydrogen) atoms. The monoisotopic (exact) mass is 291 g/mol. The van der Waals surface area contributed by atoms with Crippen LogP contribution in [-0.2, 0) is 10.0 Å². The van der Waals surface area contributed by atoms with E-state index in [4.69, 9.17) is 0 Å². The first-order valence-electron chi connectivity index (χ1n) is 7.43. The van der Waals surface area contributed by atoms with Gasteiger partial charge < -0.3 is 10.2 Å². The second-order valence-electron chi connectivity index (χ2n) is 5.38. The van der Waals surface area contributed by atoms with E-state index in [1.165, 1.54) is 12.8 Å². The highest BCUT2D eigenvalue weighted by atomic mass is 32.2. The highest BCUT2D eigenvalue weighted by molar-refractivity contribution is 7.89. The van der Waals surface area contributed by atoms with Crippen molar-refractivity contribution in [2.24, 2.45) is 0 Å². The maximum atomic E-state index is 11.7. The van der Waals surface area contributed by atoms with Crippen LogP contribution in [-0.4, -0.2) is 58.3 Å². The number of nitrogens with zero attached hydrogens (tertiary/aromatic N) is 1. The number of hydrogen-bond donors (Lipinski definition) is 2. The van der Waals surface area contributed by atoms with Gasteiger partial charge in [0.05, 0.1) is 5.75 Å². The minimum atomic E-state index is -3.08. The molecule has 1 aliphatic carbocycles. The molecule has 0 radical (unpaired) electrons. The van der Waals surface area contributed by atoms with E-state index in [1.54, 1.807) is 0 Å². The SMILES string of the molecule is CCCNCCCCS(=O)(=O)NCCN(C)C1CC1. The zero-order valence-corrected chi connectivity index (χ0v) is 13.1. The van der Waals surface area contributed by atoms with Crippen LogP contribution >= 0.6 is 0 Å². The summed E-state index contributed by atoms with van der Waals surface area (Å²) >= 11 is 0. The summed E-state index contributed by atoms with van der Waals surface area (Å²) in [5.74, 6) is 0.244. The van der Waals surface area contributed by atoms with E-state index in [0.717, 1.165) is 38.9 Å². The average molecular weight is 291 g/mol. The normalized spacial score (nSPS) is 16.2. The molecular formula is C13H29N3O2S. The van der Waals surface area contributed by atoms with Gasteiger partial charge in [0, 0.05) is 19.1 Å². The van der Waals surface area contributed by atoms with Crippen LogP contribution < -0.4 is 10.0 Å². The number of likely N-dealkylation sites (N-methyl/N-ethyl adjacent to an activating group) is 1. The summed E-state index contributed by atoms with van der Waals surface area (Å²) in [5.41, 5.74) is 0. The van der Waals surface area contributed by atoms with Crippen molar-refractivity contribution in [2.75, 3.05) is 39.0 Å². The summed E-state index contributed by atoms with van der Waals surface area (Å²) < 4.78 is 26.2. The van der Waals surface area contributed by atoms with Gasteiger partial charge in [-0.25, -0.2) is 13.1 Å². The van der Waals surface area contributed by atoms with Gasteiger partial charge in [-0.3, -0.25) is 0 Å². The van der Waals surface area contributed by atoms with Crippen molar-refractivity contribution in [1.82, 2.24) is 14.9 Å². The highest BCUT2D eigenvalue weighted by Gasteiger charge is 2.25. The molecule has 0 spiro atoms. The first-order valence-corrected chi connectivity index (χ1v) is 9.08. The molecule has 0 aromatic rings. The Hall–Kier alpha value is -0.170. The van der Waals surface area contributed by atoms with E-state index in [1.807, 2.05) is 0 Å². The van der Waals surface area contributed by atoms with Crippen LogP contribution in [0.2, 0.25) is 0 Å². The molecule has 114 valence electrons. The molecule has 1 saturated carbocycles. The van der Waals surface area contributed by atoms with Crippen molar-refractivity contribution in [3.05, 3.63) is 0 Å². The van der Waals surface area contributed by atoms with Gasteiger partial charge in [-0.1, -0.05) is 6.92 Å². The molecule has 2 N–H and O–H groups in total. The minimum absolute atomic E-state index is 0.244. The van der Waals surface area contributed by atoms with Crippen LogP contribution in [0.1, 0.15) is 39.0 Å². The van der Waals surface area contributed by atoms with Crippen LogP contribution in [0, 0.1) is 0 Å². The van der Waals surface area contributed by atoms with E-state index in [2.05, 4.69) is 28.9 Å². The van der Waals surface area contributed by atoms with Crippen LogP contribution in [0.25, 0.3) is 0 Å². The van der Waals surface area contributed by atoms with Gasteiger partial charge in [-0.2, -0.15) is 0 Å². The molecular weight excluding hydrogens is 262 g/mol. The molecule has 1 fully saturated rings. The Kier molecular flexibility index (Phi) is 7.90. The third-order valence-corrected chi connectivity index (χ3v) is 4.87. The summed E-state index contributed by atoms with van der Waals surface area (Å²) in [7, 11) is -1.02. The maximum Gasteiger partial charge on any atom is 0.211 e. The zero-order chi connectivity index (χ0) is 14.1. The average Bonchev–Trinajstić information content (AvgIpc) is 3.17. The van der Waals surface area contributed by atoms with Gasteiger partial charge in [-0.15, -0.1) is 0 Å². The molecule has 1 rings (SSSR count). The van der Waals surface area contributed by atoms with Crippen molar-refractivity contribution in [1.29, 1.82) is 0 Å². The summed E-state index contributed by atoms with van der Waals surface area (Å²) in [4.78, 5) is 2.23. The molecule has 6 heteroatoms. The van der Waals surface area contributed by atoms with E-state index in [-0.39, 0.29) is 5.75 Å². The lowest BCUT2D eigenvalue weighted by Gasteiger charge is -2.15. The molecule has 0 unspecified atom stereocenters. The molecule has 0 bridgehead atoms. The van der Waals surface area contributed by atoms with E-state index in [9.17, 15) is 8.42 Å². The lowest BCUT2D eigenvalue weighted by molar-refractivity contribution is 0.329. The fraction of sp³-hybridized carbons (Fsp3) is 1.00. The third kappa shape index (κ3) is 8.57. The van der Waals surface area contributed by atoms with Gasteiger partial charge in [0.15, 0.2) is 0 Å². The van der Waals surface area contributed by atoms with Crippen LogP contribution in [0.4, 0.5) is 0 Å². The Labute approximate surface area is 118 Å². The molecule has 0 saturated heterocycles. The molecule has 0 amide bonds. The van der Waals surface area contributed by atoms with Crippen molar-refractivity contribution in [2.45, 2.75) is 45.1 Å². The predicted molar refractivity (Wildman–Crippen MR) is 79.8 cm³/mol. The first kappa shape index (κ1) is 16.9. The number of nitrogens with one attached hydrogen (secondary N) is 2. The van der Waals surface area contributed by atoms with Crippen LogP contribution in [0.15, 0.2) is 0 Å².